The molecule has 0 spiro atoms. The number of pyridine rings is 1. The third-order valence-corrected chi connectivity index (χ3v) is 3.99. The number of carbonyl (C=O) groups is 1. The van der Waals surface area contributed by atoms with Crippen LogP contribution in [-0.4, -0.2) is 16.6 Å². The summed E-state index contributed by atoms with van der Waals surface area (Å²) in [4.78, 5) is 15.9. The molecule has 2 rings (SSSR count). The summed E-state index contributed by atoms with van der Waals surface area (Å²) in [7, 11) is 0. The first-order valence-corrected chi connectivity index (χ1v) is 7.34. The number of carbonyl (C=O) groups excluding carboxylic acids is 1. The zero-order valence-corrected chi connectivity index (χ0v) is 12.5. The van der Waals surface area contributed by atoms with Crippen LogP contribution in [0.25, 0.3) is 0 Å². The van der Waals surface area contributed by atoms with Crippen LogP contribution in [0.2, 0.25) is 0 Å². The topological polar surface area (TPSA) is 54.4 Å². The van der Waals surface area contributed by atoms with E-state index in [2.05, 4.69) is 36.3 Å². The molecule has 0 radical (unpaired) electrons. The van der Waals surface area contributed by atoms with Gasteiger partial charge < -0.3 is 0 Å². The van der Waals surface area contributed by atoms with Crippen molar-refractivity contribution in [2.45, 2.75) is 40.0 Å². The number of nitrogens with one attached hydrogen (secondary N) is 1. The van der Waals surface area contributed by atoms with Gasteiger partial charge in [0.05, 0.1) is 5.56 Å². The van der Waals surface area contributed by atoms with Gasteiger partial charge in [-0.25, -0.2) is 5.43 Å². The molecule has 1 aromatic rings. The smallest absolute Gasteiger partial charge is 0.267 e. The van der Waals surface area contributed by atoms with Crippen LogP contribution < -0.4 is 5.43 Å². The minimum Gasteiger partial charge on any atom is -0.267 e. The van der Waals surface area contributed by atoms with Crippen LogP contribution in [0.1, 0.15) is 50.4 Å². The summed E-state index contributed by atoms with van der Waals surface area (Å²) in [5, 5.41) is 4.40. The second-order valence-electron chi connectivity index (χ2n) is 6.02. The standard InChI is InChI=1S/C16H23N3O/c1-11(2)14-7-6-12(3)9-15(14)18-19-16(20)13-5-4-8-17-10-13/h4-5,8,10-12,14H,6-7,9H2,1-3H3,(H,19,20)/b18-15-/t12-,14+/m1/s1. The first kappa shape index (κ1) is 14.7. The van der Waals surface area contributed by atoms with Crippen molar-refractivity contribution >= 4 is 11.6 Å². The van der Waals surface area contributed by atoms with E-state index in [0.717, 1.165) is 12.1 Å². The van der Waals surface area contributed by atoms with Gasteiger partial charge in [0.15, 0.2) is 0 Å². The molecule has 4 heteroatoms. The summed E-state index contributed by atoms with van der Waals surface area (Å²) >= 11 is 0. The maximum absolute atomic E-state index is 12.0. The Balaban J connectivity index is 2.06. The van der Waals surface area contributed by atoms with Gasteiger partial charge in [0.1, 0.15) is 0 Å². The lowest BCUT2D eigenvalue weighted by atomic mass is 9.76. The van der Waals surface area contributed by atoms with Gasteiger partial charge in [0.2, 0.25) is 0 Å². The largest absolute Gasteiger partial charge is 0.272 e. The number of aromatic nitrogens is 1. The summed E-state index contributed by atoms with van der Waals surface area (Å²) in [6.45, 7) is 6.69. The molecule has 20 heavy (non-hydrogen) atoms. The molecular formula is C16H23N3O. The number of hydrogen-bond donors (Lipinski definition) is 1. The Morgan fingerprint density at radius 1 is 1.45 bits per heavy atom. The van der Waals surface area contributed by atoms with Gasteiger partial charge in [0.25, 0.3) is 5.91 Å². The van der Waals surface area contributed by atoms with Crippen LogP contribution in [0.15, 0.2) is 29.6 Å². The highest BCUT2D eigenvalue weighted by atomic mass is 16.2. The van der Waals surface area contributed by atoms with Crippen molar-refractivity contribution in [1.29, 1.82) is 0 Å². The minimum absolute atomic E-state index is 0.189. The first-order chi connectivity index (χ1) is 9.58. The first-order valence-electron chi connectivity index (χ1n) is 7.34. The van der Waals surface area contributed by atoms with Gasteiger partial charge >= 0.3 is 0 Å². The van der Waals surface area contributed by atoms with E-state index >= 15 is 0 Å². The molecule has 0 aromatic carbocycles. The van der Waals surface area contributed by atoms with Crippen molar-refractivity contribution in [3.05, 3.63) is 30.1 Å². The van der Waals surface area contributed by atoms with Crippen LogP contribution in [-0.2, 0) is 0 Å². The third-order valence-electron chi connectivity index (χ3n) is 3.99. The van der Waals surface area contributed by atoms with E-state index in [-0.39, 0.29) is 5.91 Å². The molecule has 108 valence electrons. The van der Waals surface area contributed by atoms with Crippen molar-refractivity contribution in [2.24, 2.45) is 22.9 Å². The highest BCUT2D eigenvalue weighted by Crippen LogP contribution is 2.31. The molecule has 4 nitrogen and oxygen atoms in total. The number of rotatable bonds is 3. The third kappa shape index (κ3) is 3.65. The summed E-state index contributed by atoms with van der Waals surface area (Å²) in [6, 6.07) is 3.49. The van der Waals surface area contributed by atoms with Crippen molar-refractivity contribution in [3.63, 3.8) is 0 Å². The van der Waals surface area contributed by atoms with E-state index in [1.54, 1.807) is 24.5 Å². The summed E-state index contributed by atoms with van der Waals surface area (Å²) in [5.41, 5.74) is 4.36. The highest BCUT2D eigenvalue weighted by molar-refractivity contribution is 5.95. The van der Waals surface area contributed by atoms with Gasteiger partial charge in [-0.05, 0) is 43.2 Å². The monoisotopic (exact) mass is 273 g/mol. The molecule has 1 aromatic heterocycles. The Morgan fingerprint density at radius 2 is 2.25 bits per heavy atom. The number of hydrazone groups is 1. The fraction of sp³-hybridized carbons (Fsp3) is 0.562. The van der Waals surface area contributed by atoms with Gasteiger partial charge in [0, 0.05) is 24.0 Å². The SMILES string of the molecule is CC(C)[C@@H]1CC[C@@H](C)C/C1=N/NC(=O)c1cccnc1. The maximum Gasteiger partial charge on any atom is 0.272 e. The van der Waals surface area contributed by atoms with Gasteiger partial charge in [-0.15, -0.1) is 0 Å². The fourth-order valence-electron chi connectivity index (χ4n) is 2.77. The molecule has 0 aliphatic heterocycles. The molecule has 0 unspecified atom stereocenters. The summed E-state index contributed by atoms with van der Waals surface area (Å²) < 4.78 is 0. The Kier molecular flexibility index (Phi) is 4.88. The number of hydrogen-bond acceptors (Lipinski definition) is 3. The Hall–Kier alpha value is -1.71. The predicted octanol–water partition coefficient (Wildman–Crippen LogP) is 3.26. The van der Waals surface area contributed by atoms with Gasteiger partial charge in [-0.1, -0.05) is 20.8 Å². The highest BCUT2D eigenvalue weighted by Gasteiger charge is 2.27. The lowest BCUT2D eigenvalue weighted by Gasteiger charge is -2.30. The lowest BCUT2D eigenvalue weighted by molar-refractivity contribution is 0.0953. The molecule has 0 saturated heterocycles. The summed E-state index contributed by atoms with van der Waals surface area (Å²) in [5.74, 6) is 1.52. The van der Waals surface area contributed by atoms with Crippen LogP contribution in [0.5, 0.6) is 0 Å². The Morgan fingerprint density at radius 3 is 2.90 bits per heavy atom. The molecule has 1 fully saturated rings. The molecular weight excluding hydrogens is 250 g/mol. The molecule has 0 bridgehead atoms. The second-order valence-corrected chi connectivity index (χ2v) is 6.02. The van der Waals surface area contributed by atoms with Crippen LogP contribution >= 0.6 is 0 Å². The Bertz CT molecular complexity index is 482. The van der Waals surface area contributed by atoms with E-state index in [4.69, 9.17) is 0 Å². The van der Waals surface area contributed by atoms with Crippen molar-refractivity contribution in [3.8, 4) is 0 Å². The Labute approximate surface area is 120 Å². The predicted molar refractivity (Wildman–Crippen MR) is 80.5 cm³/mol. The molecule has 1 N–H and O–H groups in total. The molecule has 1 amide bonds. The fourth-order valence-corrected chi connectivity index (χ4v) is 2.77. The average Bonchev–Trinajstić information content (AvgIpc) is 2.45. The zero-order valence-electron chi connectivity index (χ0n) is 12.5. The van der Waals surface area contributed by atoms with Crippen LogP contribution in [0.3, 0.4) is 0 Å². The van der Waals surface area contributed by atoms with Gasteiger partial charge in [-0.2, -0.15) is 5.10 Å². The van der Waals surface area contributed by atoms with Crippen LogP contribution in [0, 0.1) is 17.8 Å². The second kappa shape index (κ2) is 6.64. The van der Waals surface area contributed by atoms with E-state index in [9.17, 15) is 4.79 Å². The molecule has 1 heterocycles. The molecule has 1 aliphatic rings. The van der Waals surface area contributed by atoms with Gasteiger partial charge in [-0.3, -0.25) is 9.78 Å². The van der Waals surface area contributed by atoms with Crippen LogP contribution in [0.4, 0.5) is 0 Å². The van der Waals surface area contributed by atoms with E-state index in [0.29, 0.717) is 23.3 Å². The van der Waals surface area contributed by atoms with E-state index in [1.807, 2.05) is 0 Å². The van der Waals surface area contributed by atoms with E-state index in [1.165, 1.54) is 12.8 Å². The normalized spacial score (nSPS) is 24.9. The quantitative estimate of drug-likeness (QED) is 0.859. The van der Waals surface area contributed by atoms with Crippen molar-refractivity contribution < 1.29 is 4.79 Å². The van der Waals surface area contributed by atoms with Crippen molar-refractivity contribution in [2.75, 3.05) is 0 Å². The molecule has 2 atom stereocenters. The number of amides is 1. The van der Waals surface area contributed by atoms with E-state index < -0.39 is 0 Å². The summed E-state index contributed by atoms with van der Waals surface area (Å²) in [6.07, 6.45) is 6.61. The average molecular weight is 273 g/mol. The van der Waals surface area contributed by atoms with Crippen molar-refractivity contribution in [1.82, 2.24) is 10.4 Å². The minimum atomic E-state index is -0.189. The lowest BCUT2D eigenvalue weighted by Crippen LogP contribution is -2.31. The maximum atomic E-state index is 12.0. The number of nitrogens with zero attached hydrogens (tertiary/aromatic N) is 2. The molecule has 1 aliphatic carbocycles. The zero-order chi connectivity index (χ0) is 14.5. The molecule has 1 saturated carbocycles.